The summed E-state index contributed by atoms with van der Waals surface area (Å²) in [6, 6.07) is 1.10. The summed E-state index contributed by atoms with van der Waals surface area (Å²) >= 11 is 0. The number of nitrogens with zero attached hydrogens (tertiary/aromatic N) is 1. The molecular formula is C9H14N2O5S2. The Morgan fingerprint density at radius 2 is 2.11 bits per heavy atom. The summed E-state index contributed by atoms with van der Waals surface area (Å²) in [6.45, 7) is 1.60. The molecule has 0 fully saturated rings. The topological polar surface area (TPSA) is 105 Å². The van der Waals surface area contributed by atoms with E-state index in [0.29, 0.717) is 18.5 Å². The molecule has 0 aliphatic carbocycles. The van der Waals surface area contributed by atoms with Crippen LogP contribution in [0.1, 0.15) is 19.0 Å². The zero-order valence-corrected chi connectivity index (χ0v) is 11.5. The zero-order valence-electron chi connectivity index (χ0n) is 9.91. The number of sulfonamides is 1. The van der Waals surface area contributed by atoms with E-state index in [1.807, 2.05) is 0 Å². The minimum absolute atomic E-state index is 0.0394. The van der Waals surface area contributed by atoms with E-state index in [9.17, 15) is 16.8 Å². The maximum absolute atomic E-state index is 12.1. The maximum atomic E-state index is 12.1. The van der Waals surface area contributed by atoms with Crippen molar-refractivity contribution < 1.29 is 22.0 Å². The van der Waals surface area contributed by atoms with Crippen molar-refractivity contribution in [1.29, 1.82) is 0 Å². The van der Waals surface area contributed by atoms with E-state index in [4.69, 9.17) is 5.21 Å². The highest BCUT2D eigenvalue weighted by Gasteiger charge is 2.35. The summed E-state index contributed by atoms with van der Waals surface area (Å²) in [5.74, 6) is 0. The molecule has 1 atom stereocenters. The van der Waals surface area contributed by atoms with Crippen molar-refractivity contribution in [2.45, 2.75) is 34.9 Å². The van der Waals surface area contributed by atoms with Gasteiger partial charge in [0, 0.05) is 12.7 Å². The lowest BCUT2D eigenvalue weighted by molar-refractivity contribution is 0.241. The maximum Gasteiger partial charge on any atom is 0.277 e. The molecule has 1 aromatic heterocycles. The molecule has 0 saturated heterocycles. The van der Waals surface area contributed by atoms with E-state index in [1.54, 1.807) is 6.92 Å². The van der Waals surface area contributed by atoms with Crippen LogP contribution >= 0.6 is 0 Å². The lowest BCUT2D eigenvalue weighted by Gasteiger charge is -2.19. The smallest absolute Gasteiger partial charge is 0.277 e. The molecule has 2 heterocycles. The van der Waals surface area contributed by atoms with Crippen LogP contribution in [-0.2, 0) is 33.3 Å². The van der Waals surface area contributed by atoms with Gasteiger partial charge < -0.3 is 9.77 Å². The van der Waals surface area contributed by atoms with Crippen LogP contribution in [0.4, 0.5) is 0 Å². The predicted molar refractivity (Wildman–Crippen MR) is 62.5 cm³/mol. The Hall–Kier alpha value is -0.900. The molecule has 1 aromatic rings. The SMILES string of the molecule is CC1CCc2c(cc(S(=O)(=O)NO)n2C)S1(=O)=O. The molecule has 0 aromatic carbocycles. The van der Waals surface area contributed by atoms with Crippen molar-refractivity contribution in [2.75, 3.05) is 0 Å². The summed E-state index contributed by atoms with van der Waals surface area (Å²) in [7, 11) is -6.11. The third-order valence-electron chi connectivity index (χ3n) is 3.29. The lowest BCUT2D eigenvalue weighted by atomic mass is 10.2. The molecule has 102 valence electrons. The third kappa shape index (κ3) is 1.78. The van der Waals surface area contributed by atoms with E-state index < -0.39 is 25.1 Å². The fraction of sp³-hybridized carbons (Fsp3) is 0.556. The van der Waals surface area contributed by atoms with Gasteiger partial charge >= 0.3 is 0 Å². The van der Waals surface area contributed by atoms with E-state index in [-0.39, 0.29) is 9.92 Å². The summed E-state index contributed by atoms with van der Waals surface area (Å²) in [5, 5.41) is 7.83. The summed E-state index contributed by atoms with van der Waals surface area (Å²) in [6.07, 6.45) is 0.951. The van der Waals surface area contributed by atoms with E-state index in [0.717, 1.165) is 6.07 Å². The molecule has 1 aliphatic rings. The number of fused-ring (bicyclic) bond motifs is 1. The highest BCUT2D eigenvalue weighted by atomic mass is 32.2. The lowest BCUT2D eigenvalue weighted by Crippen LogP contribution is -2.25. The van der Waals surface area contributed by atoms with Gasteiger partial charge in [0.2, 0.25) is 0 Å². The molecule has 0 saturated carbocycles. The third-order valence-corrected chi connectivity index (χ3v) is 6.74. The van der Waals surface area contributed by atoms with Gasteiger partial charge in [0.05, 0.1) is 10.1 Å². The fourth-order valence-electron chi connectivity index (χ4n) is 2.14. The van der Waals surface area contributed by atoms with Gasteiger partial charge in [0.1, 0.15) is 0 Å². The quantitative estimate of drug-likeness (QED) is 0.735. The number of rotatable bonds is 2. The number of hydrogen-bond donors (Lipinski definition) is 2. The molecule has 1 aliphatic heterocycles. The van der Waals surface area contributed by atoms with Gasteiger partial charge in [-0.2, -0.15) is 0 Å². The molecule has 1 unspecified atom stereocenters. The zero-order chi connectivity index (χ0) is 13.7. The van der Waals surface area contributed by atoms with Crippen LogP contribution in [0, 0.1) is 0 Å². The molecule has 0 spiro atoms. The molecule has 9 heteroatoms. The Morgan fingerprint density at radius 3 is 2.67 bits per heavy atom. The van der Waals surface area contributed by atoms with Gasteiger partial charge in [-0.05, 0) is 25.8 Å². The molecule has 2 rings (SSSR count). The summed E-state index contributed by atoms with van der Waals surface area (Å²) < 4.78 is 48.6. The number of aromatic nitrogens is 1. The number of sulfone groups is 1. The summed E-state index contributed by atoms with van der Waals surface area (Å²) in [4.78, 5) is 1.24. The first kappa shape index (κ1) is 13.5. The molecule has 0 bridgehead atoms. The van der Waals surface area contributed by atoms with Crippen molar-refractivity contribution in [3.8, 4) is 0 Å². The van der Waals surface area contributed by atoms with Crippen LogP contribution < -0.4 is 4.89 Å². The van der Waals surface area contributed by atoms with Crippen LogP contribution in [0.3, 0.4) is 0 Å². The molecule has 18 heavy (non-hydrogen) atoms. The Labute approximate surface area is 105 Å². The number of hydrogen-bond acceptors (Lipinski definition) is 5. The van der Waals surface area contributed by atoms with Crippen LogP contribution in [-0.4, -0.2) is 31.9 Å². The van der Waals surface area contributed by atoms with Crippen molar-refractivity contribution >= 4 is 19.9 Å². The van der Waals surface area contributed by atoms with Crippen LogP contribution in [0.15, 0.2) is 16.0 Å². The second kappa shape index (κ2) is 4.05. The van der Waals surface area contributed by atoms with Gasteiger partial charge in [0.25, 0.3) is 10.0 Å². The van der Waals surface area contributed by atoms with Gasteiger partial charge in [-0.3, -0.25) is 0 Å². The van der Waals surface area contributed by atoms with E-state index >= 15 is 0 Å². The van der Waals surface area contributed by atoms with Gasteiger partial charge in [-0.1, -0.05) is 4.89 Å². The standard InChI is InChI=1S/C9H14N2O5S2/c1-6-3-4-7-8(17(6,13)14)5-9(11(7)2)18(15,16)10-12/h5-6,10,12H,3-4H2,1-2H3. The average Bonchev–Trinajstić information content (AvgIpc) is 2.64. The van der Waals surface area contributed by atoms with Gasteiger partial charge in [0.15, 0.2) is 14.9 Å². The van der Waals surface area contributed by atoms with Crippen LogP contribution in [0.25, 0.3) is 0 Å². The van der Waals surface area contributed by atoms with E-state index in [2.05, 4.69) is 0 Å². The van der Waals surface area contributed by atoms with Gasteiger partial charge in [-0.15, -0.1) is 0 Å². The van der Waals surface area contributed by atoms with Crippen LogP contribution in [0.5, 0.6) is 0 Å². The molecule has 7 nitrogen and oxygen atoms in total. The average molecular weight is 294 g/mol. The molecular weight excluding hydrogens is 280 g/mol. The highest BCUT2D eigenvalue weighted by Crippen LogP contribution is 2.33. The Bertz CT molecular complexity index is 687. The largest absolute Gasteiger partial charge is 0.336 e. The van der Waals surface area contributed by atoms with Gasteiger partial charge in [-0.25, -0.2) is 16.8 Å². The minimum atomic E-state index is -4.09. The van der Waals surface area contributed by atoms with Crippen molar-refractivity contribution in [3.63, 3.8) is 0 Å². The second-order valence-corrected chi connectivity index (χ2v) is 8.28. The molecule has 2 N–H and O–H groups in total. The van der Waals surface area contributed by atoms with Crippen molar-refractivity contribution in [3.05, 3.63) is 11.8 Å². The monoisotopic (exact) mass is 294 g/mol. The first-order chi connectivity index (χ1) is 8.21. The fourth-order valence-corrected chi connectivity index (χ4v) is 4.76. The van der Waals surface area contributed by atoms with Crippen molar-refractivity contribution in [1.82, 2.24) is 9.45 Å². The first-order valence-electron chi connectivity index (χ1n) is 5.30. The minimum Gasteiger partial charge on any atom is -0.336 e. The first-order valence-corrected chi connectivity index (χ1v) is 8.33. The molecule has 0 radical (unpaired) electrons. The van der Waals surface area contributed by atoms with E-state index in [1.165, 1.54) is 16.5 Å². The highest BCUT2D eigenvalue weighted by molar-refractivity contribution is 7.92. The summed E-state index contributed by atoms with van der Waals surface area (Å²) in [5.41, 5.74) is 0.460. The van der Waals surface area contributed by atoms with Crippen molar-refractivity contribution in [2.24, 2.45) is 7.05 Å². The Morgan fingerprint density at radius 1 is 1.50 bits per heavy atom. The molecule has 0 amide bonds. The van der Waals surface area contributed by atoms with Crippen LogP contribution in [0.2, 0.25) is 0 Å². The number of nitrogens with one attached hydrogen (secondary N) is 1. The Balaban J connectivity index is 2.74. The normalized spacial score (nSPS) is 22.7. The Kier molecular flexibility index (Phi) is 3.05. The predicted octanol–water partition coefficient (Wildman–Crippen LogP) is -0.199. The second-order valence-electron chi connectivity index (χ2n) is 4.34.